The summed E-state index contributed by atoms with van der Waals surface area (Å²) in [7, 11) is -3.65. The number of nitrogens with zero attached hydrogens (tertiary/aromatic N) is 1. The number of aryl methyl sites for hydroxylation is 1. The van der Waals surface area contributed by atoms with E-state index in [4.69, 9.17) is 5.14 Å². The van der Waals surface area contributed by atoms with E-state index in [-0.39, 0.29) is 4.90 Å². The maximum atomic E-state index is 11.3. The predicted molar refractivity (Wildman–Crippen MR) is 117 cm³/mol. The van der Waals surface area contributed by atoms with Gasteiger partial charge in [0.15, 0.2) is 5.96 Å². The first-order chi connectivity index (χ1) is 13.3. The van der Waals surface area contributed by atoms with E-state index in [1.54, 1.807) is 23.9 Å². The Morgan fingerprint density at radius 3 is 2.46 bits per heavy atom. The summed E-state index contributed by atoms with van der Waals surface area (Å²) in [6.45, 7) is 6.19. The predicted octanol–water partition coefficient (Wildman–Crippen LogP) is 2.66. The van der Waals surface area contributed by atoms with Gasteiger partial charge < -0.3 is 10.6 Å². The van der Waals surface area contributed by atoms with E-state index in [1.165, 1.54) is 28.2 Å². The second kappa shape index (κ2) is 10.5. The van der Waals surface area contributed by atoms with Crippen molar-refractivity contribution in [3.05, 3.63) is 59.2 Å². The molecule has 0 bridgehead atoms. The SMILES string of the molecule is CCNC(=NCc1ccc(C)cc1SC)NCCc1ccc(S(N)(=O)=O)cc1. The molecule has 0 aliphatic rings. The highest BCUT2D eigenvalue weighted by atomic mass is 32.2. The third-order valence-corrected chi connectivity index (χ3v) is 5.90. The number of nitrogens with one attached hydrogen (secondary N) is 2. The molecular formula is C20H28N4O2S2. The van der Waals surface area contributed by atoms with Gasteiger partial charge in [0.1, 0.15) is 0 Å². The first-order valence-electron chi connectivity index (χ1n) is 9.11. The minimum absolute atomic E-state index is 0.127. The highest BCUT2D eigenvalue weighted by molar-refractivity contribution is 7.98. The monoisotopic (exact) mass is 420 g/mol. The molecule has 0 radical (unpaired) electrons. The molecule has 2 aromatic carbocycles. The molecule has 0 spiro atoms. The summed E-state index contributed by atoms with van der Waals surface area (Å²) < 4.78 is 22.6. The van der Waals surface area contributed by atoms with Crippen molar-refractivity contribution in [3.63, 3.8) is 0 Å². The van der Waals surface area contributed by atoms with Gasteiger partial charge in [0.05, 0.1) is 11.4 Å². The summed E-state index contributed by atoms with van der Waals surface area (Å²) in [4.78, 5) is 6.06. The Kier molecular flexibility index (Phi) is 8.35. The van der Waals surface area contributed by atoms with E-state index in [0.717, 1.165) is 24.5 Å². The van der Waals surface area contributed by atoms with Crippen molar-refractivity contribution < 1.29 is 8.42 Å². The molecule has 0 saturated carbocycles. The van der Waals surface area contributed by atoms with E-state index in [1.807, 2.05) is 6.92 Å². The molecule has 4 N–H and O–H groups in total. The number of sulfonamides is 1. The Morgan fingerprint density at radius 1 is 1.14 bits per heavy atom. The molecule has 152 valence electrons. The molecule has 0 fully saturated rings. The van der Waals surface area contributed by atoms with Crippen LogP contribution in [-0.2, 0) is 23.0 Å². The number of aliphatic imine (C=N–C) groups is 1. The van der Waals surface area contributed by atoms with Crippen molar-refractivity contribution in [1.82, 2.24) is 10.6 Å². The van der Waals surface area contributed by atoms with E-state index < -0.39 is 10.0 Å². The van der Waals surface area contributed by atoms with Gasteiger partial charge in [-0.3, -0.25) is 0 Å². The number of hydrogen-bond donors (Lipinski definition) is 3. The lowest BCUT2D eigenvalue weighted by atomic mass is 10.1. The van der Waals surface area contributed by atoms with Crippen LogP contribution in [0.3, 0.4) is 0 Å². The first kappa shape index (κ1) is 22.3. The Morgan fingerprint density at radius 2 is 1.86 bits per heavy atom. The van der Waals surface area contributed by atoms with Crippen molar-refractivity contribution >= 4 is 27.7 Å². The van der Waals surface area contributed by atoms with Crippen molar-refractivity contribution in [3.8, 4) is 0 Å². The van der Waals surface area contributed by atoms with Crippen LogP contribution in [0.25, 0.3) is 0 Å². The fourth-order valence-electron chi connectivity index (χ4n) is 2.66. The molecule has 0 aliphatic heterocycles. The quantitative estimate of drug-likeness (QED) is 0.347. The number of benzene rings is 2. The van der Waals surface area contributed by atoms with Gasteiger partial charge in [0.25, 0.3) is 0 Å². The standard InChI is InChI=1S/C20H28N4O2S2/c1-4-22-20(24-14-17-8-5-15(2)13-19(17)27-3)23-12-11-16-6-9-18(10-7-16)28(21,25)26/h5-10,13H,4,11-12,14H2,1-3H3,(H2,21,25,26)(H2,22,23,24). The Bertz CT molecular complexity index is 910. The van der Waals surface area contributed by atoms with Crippen LogP contribution in [0.4, 0.5) is 0 Å². The summed E-state index contributed by atoms with van der Waals surface area (Å²) in [5.74, 6) is 0.760. The minimum atomic E-state index is -3.65. The molecule has 2 aromatic rings. The molecule has 0 unspecified atom stereocenters. The largest absolute Gasteiger partial charge is 0.357 e. The average molecular weight is 421 g/mol. The molecule has 2 rings (SSSR count). The molecule has 8 heteroatoms. The van der Waals surface area contributed by atoms with Crippen molar-refractivity contribution in [2.45, 2.75) is 36.6 Å². The molecule has 0 heterocycles. The van der Waals surface area contributed by atoms with Crippen LogP contribution in [-0.4, -0.2) is 33.7 Å². The van der Waals surface area contributed by atoms with Crippen LogP contribution in [0, 0.1) is 6.92 Å². The highest BCUT2D eigenvalue weighted by Gasteiger charge is 2.07. The summed E-state index contributed by atoms with van der Waals surface area (Å²) >= 11 is 1.73. The smallest absolute Gasteiger partial charge is 0.238 e. The topological polar surface area (TPSA) is 96.6 Å². The number of nitrogens with two attached hydrogens (primary N) is 1. The first-order valence-corrected chi connectivity index (χ1v) is 11.9. The number of guanidine groups is 1. The van der Waals surface area contributed by atoms with Gasteiger partial charge in [-0.15, -0.1) is 11.8 Å². The van der Waals surface area contributed by atoms with Crippen LogP contribution in [0.1, 0.15) is 23.6 Å². The zero-order valence-electron chi connectivity index (χ0n) is 16.5. The normalized spacial score (nSPS) is 12.1. The van der Waals surface area contributed by atoms with Crippen LogP contribution < -0.4 is 15.8 Å². The molecule has 0 atom stereocenters. The summed E-state index contributed by atoms with van der Waals surface area (Å²) in [5, 5.41) is 11.7. The zero-order valence-corrected chi connectivity index (χ0v) is 18.2. The van der Waals surface area contributed by atoms with E-state index in [2.05, 4.69) is 47.0 Å². The number of hydrogen-bond acceptors (Lipinski definition) is 4. The van der Waals surface area contributed by atoms with E-state index >= 15 is 0 Å². The van der Waals surface area contributed by atoms with Crippen LogP contribution in [0.15, 0.2) is 57.2 Å². The summed E-state index contributed by atoms with van der Waals surface area (Å²) in [6, 6.07) is 13.0. The fourth-order valence-corrected chi connectivity index (χ4v) is 3.87. The third-order valence-electron chi connectivity index (χ3n) is 4.15. The molecule has 6 nitrogen and oxygen atoms in total. The van der Waals surface area contributed by atoms with Gasteiger partial charge in [-0.2, -0.15) is 0 Å². The lowest BCUT2D eigenvalue weighted by Gasteiger charge is -2.12. The lowest BCUT2D eigenvalue weighted by Crippen LogP contribution is -2.38. The van der Waals surface area contributed by atoms with Crippen molar-refractivity contribution in [2.24, 2.45) is 10.1 Å². The second-order valence-corrected chi connectivity index (χ2v) is 8.79. The van der Waals surface area contributed by atoms with Gasteiger partial charge in [-0.25, -0.2) is 18.5 Å². The number of rotatable bonds is 8. The van der Waals surface area contributed by atoms with Gasteiger partial charge in [-0.1, -0.05) is 24.3 Å². The summed E-state index contributed by atoms with van der Waals surface area (Å²) in [5.41, 5.74) is 3.48. The highest BCUT2D eigenvalue weighted by Crippen LogP contribution is 2.22. The van der Waals surface area contributed by atoms with Gasteiger partial charge in [0, 0.05) is 18.0 Å². The van der Waals surface area contributed by atoms with Gasteiger partial charge in [-0.05, 0) is 61.4 Å². The van der Waals surface area contributed by atoms with Crippen LogP contribution >= 0.6 is 11.8 Å². The van der Waals surface area contributed by atoms with E-state index in [9.17, 15) is 8.42 Å². The van der Waals surface area contributed by atoms with E-state index in [0.29, 0.717) is 13.1 Å². The molecule has 0 aliphatic carbocycles. The average Bonchev–Trinajstić information content (AvgIpc) is 2.66. The molecule has 0 amide bonds. The number of thioether (sulfide) groups is 1. The van der Waals surface area contributed by atoms with Crippen molar-refractivity contribution in [1.29, 1.82) is 0 Å². The number of primary sulfonamides is 1. The fraction of sp³-hybridized carbons (Fsp3) is 0.350. The van der Waals surface area contributed by atoms with Crippen LogP contribution in [0.2, 0.25) is 0 Å². The Balaban J connectivity index is 1.96. The lowest BCUT2D eigenvalue weighted by molar-refractivity contribution is 0.598. The minimum Gasteiger partial charge on any atom is -0.357 e. The Hall–Kier alpha value is -2.03. The maximum absolute atomic E-state index is 11.3. The second-order valence-electron chi connectivity index (χ2n) is 6.38. The molecule has 28 heavy (non-hydrogen) atoms. The summed E-state index contributed by atoms with van der Waals surface area (Å²) in [6.07, 6.45) is 2.82. The third kappa shape index (κ3) is 6.85. The van der Waals surface area contributed by atoms with Gasteiger partial charge >= 0.3 is 0 Å². The molecule has 0 aromatic heterocycles. The zero-order chi connectivity index (χ0) is 20.6. The maximum Gasteiger partial charge on any atom is 0.238 e. The molecule has 0 saturated heterocycles. The van der Waals surface area contributed by atoms with Crippen molar-refractivity contribution in [2.75, 3.05) is 19.3 Å². The van der Waals surface area contributed by atoms with Crippen LogP contribution in [0.5, 0.6) is 0 Å². The Labute approximate surface area is 172 Å². The van der Waals surface area contributed by atoms with Gasteiger partial charge in [0.2, 0.25) is 10.0 Å². The molecular weight excluding hydrogens is 392 g/mol.